The lowest BCUT2D eigenvalue weighted by molar-refractivity contribution is 0.212. The predicted octanol–water partition coefficient (Wildman–Crippen LogP) is 2.51. The fraction of sp³-hybridized carbons (Fsp3) is 0.167. The van der Waals surface area contributed by atoms with Gasteiger partial charge < -0.3 is 14.3 Å². The van der Waals surface area contributed by atoms with Crippen LogP contribution < -0.4 is 4.74 Å². The molecule has 0 amide bonds. The third-order valence-corrected chi connectivity index (χ3v) is 2.37. The van der Waals surface area contributed by atoms with Gasteiger partial charge in [0.15, 0.2) is 11.6 Å². The molecule has 0 fully saturated rings. The Labute approximate surface area is 92.1 Å². The molecule has 0 aliphatic rings. The minimum absolute atomic E-state index is 0.111. The summed E-state index contributed by atoms with van der Waals surface area (Å²) in [7, 11) is 1.38. The summed E-state index contributed by atoms with van der Waals surface area (Å²) in [6.07, 6.45) is 1.76. The lowest BCUT2D eigenvalue weighted by Gasteiger charge is -2.11. The number of rotatable bonds is 3. The van der Waals surface area contributed by atoms with E-state index < -0.39 is 11.9 Å². The summed E-state index contributed by atoms with van der Waals surface area (Å²) >= 11 is 0. The molecule has 1 atom stereocenters. The monoisotopic (exact) mass is 222 g/mol. The summed E-state index contributed by atoms with van der Waals surface area (Å²) < 4.78 is 23.5. The molecule has 0 saturated heterocycles. The van der Waals surface area contributed by atoms with Crippen molar-refractivity contribution >= 4 is 0 Å². The third kappa shape index (κ3) is 1.79. The molecule has 1 N–H and O–H groups in total. The van der Waals surface area contributed by atoms with Crippen LogP contribution in [-0.4, -0.2) is 12.2 Å². The zero-order chi connectivity index (χ0) is 11.5. The molecule has 1 heterocycles. The average Bonchev–Trinajstić information content (AvgIpc) is 2.82. The van der Waals surface area contributed by atoms with Gasteiger partial charge in [-0.05, 0) is 12.1 Å². The minimum Gasteiger partial charge on any atom is -0.494 e. The van der Waals surface area contributed by atoms with Crippen LogP contribution in [0.2, 0.25) is 0 Å². The third-order valence-electron chi connectivity index (χ3n) is 2.37. The molecule has 0 radical (unpaired) electrons. The van der Waals surface area contributed by atoms with E-state index >= 15 is 0 Å². The normalized spacial score (nSPS) is 12.4. The van der Waals surface area contributed by atoms with Crippen LogP contribution in [0.15, 0.2) is 41.2 Å². The van der Waals surface area contributed by atoms with Crippen LogP contribution in [0.5, 0.6) is 5.75 Å². The Morgan fingerprint density at radius 3 is 2.81 bits per heavy atom. The summed E-state index contributed by atoms with van der Waals surface area (Å²) in [6.45, 7) is 0. The largest absolute Gasteiger partial charge is 0.494 e. The highest BCUT2D eigenvalue weighted by molar-refractivity contribution is 5.36. The van der Waals surface area contributed by atoms with Gasteiger partial charge in [0.25, 0.3) is 0 Å². The molecule has 3 nitrogen and oxygen atoms in total. The highest BCUT2D eigenvalue weighted by Crippen LogP contribution is 2.29. The van der Waals surface area contributed by atoms with Crippen molar-refractivity contribution in [2.45, 2.75) is 6.10 Å². The highest BCUT2D eigenvalue weighted by Gasteiger charge is 2.18. The van der Waals surface area contributed by atoms with E-state index in [0.717, 1.165) is 0 Å². The molecular weight excluding hydrogens is 211 g/mol. The van der Waals surface area contributed by atoms with E-state index in [4.69, 9.17) is 9.15 Å². The summed E-state index contributed by atoms with van der Waals surface area (Å²) in [6, 6.07) is 6.22. The van der Waals surface area contributed by atoms with Gasteiger partial charge in [0.2, 0.25) is 0 Å². The van der Waals surface area contributed by atoms with Crippen molar-refractivity contribution in [2.24, 2.45) is 0 Å². The predicted molar refractivity (Wildman–Crippen MR) is 55.7 cm³/mol. The van der Waals surface area contributed by atoms with Gasteiger partial charge in [-0.2, -0.15) is 0 Å². The van der Waals surface area contributed by atoms with Crippen molar-refractivity contribution in [2.75, 3.05) is 7.11 Å². The Kier molecular flexibility index (Phi) is 2.92. The number of methoxy groups -OCH3 is 1. The van der Waals surface area contributed by atoms with Gasteiger partial charge in [0.1, 0.15) is 6.10 Å². The molecular formula is C12H11FO3. The molecule has 84 valence electrons. The molecule has 1 aromatic heterocycles. The van der Waals surface area contributed by atoms with Crippen molar-refractivity contribution in [1.82, 2.24) is 0 Å². The second kappa shape index (κ2) is 4.37. The van der Waals surface area contributed by atoms with Gasteiger partial charge in [-0.3, -0.25) is 0 Å². The van der Waals surface area contributed by atoms with Crippen molar-refractivity contribution in [1.29, 1.82) is 0 Å². The Morgan fingerprint density at radius 1 is 1.38 bits per heavy atom. The lowest BCUT2D eigenvalue weighted by atomic mass is 10.0. The molecule has 2 aromatic rings. The first-order valence-corrected chi connectivity index (χ1v) is 4.76. The first kappa shape index (κ1) is 10.7. The number of ether oxygens (including phenoxy) is 1. The van der Waals surface area contributed by atoms with Crippen molar-refractivity contribution in [3.63, 3.8) is 0 Å². The van der Waals surface area contributed by atoms with Crippen LogP contribution in [-0.2, 0) is 0 Å². The van der Waals surface area contributed by atoms with Gasteiger partial charge in [-0.15, -0.1) is 0 Å². The lowest BCUT2D eigenvalue weighted by Crippen LogP contribution is -2.02. The van der Waals surface area contributed by atoms with Gasteiger partial charge in [-0.1, -0.05) is 12.1 Å². The van der Waals surface area contributed by atoms with Crippen LogP contribution in [0.25, 0.3) is 0 Å². The maximum atomic E-state index is 13.8. The van der Waals surface area contributed by atoms with Crippen LogP contribution in [0.3, 0.4) is 0 Å². The number of benzene rings is 1. The number of hydrogen-bond acceptors (Lipinski definition) is 3. The maximum Gasteiger partial charge on any atom is 0.171 e. The van der Waals surface area contributed by atoms with Gasteiger partial charge in [-0.25, -0.2) is 4.39 Å². The first-order chi connectivity index (χ1) is 7.74. The van der Waals surface area contributed by atoms with E-state index in [1.807, 2.05) is 0 Å². The van der Waals surface area contributed by atoms with Crippen molar-refractivity contribution < 1.29 is 18.7 Å². The fourth-order valence-electron chi connectivity index (χ4n) is 1.51. The number of hydrogen-bond donors (Lipinski definition) is 1. The highest BCUT2D eigenvalue weighted by atomic mass is 19.1. The summed E-state index contributed by atoms with van der Waals surface area (Å²) in [4.78, 5) is 0. The number of furan rings is 1. The average molecular weight is 222 g/mol. The number of aliphatic hydroxyl groups excluding tert-OH is 1. The molecule has 16 heavy (non-hydrogen) atoms. The molecule has 0 bridgehead atoms. The van der Waals surface area contributed by atoms with Gasteiger partial charge in [0.05, 0.1) is 19.6 Å². The van der Waals surface area contributed by atoms with Crippen LogP contribution in [0, 0.1) is 5.82 Å². The van der Waals surface area contributed by atoms with E-state index in [1.165, 1.54) is 31.8 Å². The quantitative estimate of drug-likeness (QED) is 0.867. The van der Waals surface area contributed by atoms with E-state index in [0.29, 0.717) is 5.56 Å². The molecule has 0 aliphatic carbocycles. The molecule has 0 saturated carbocycles. The van der Waals surface area contributed by atoms with Gasteiger partial charge in [0, 0.05) is 11.1 Å². The van der Waals surface area contributed by atoms with Crippen LogP contribution >= 0.6 is 0 Å². The van der Waals surface area contributed by atoms with E-state index in [2.05, 4.69) is 0 Å². The second-order valence-corrected chi connectivity index (χ2v) is 3.32. The topological polar surface area (TPSA) is 42.6 Å². The van der Waals surface area contributed by atoms with Gasteiger partial charge >= 0.3 is 0 Å². The van der Waals surface area contributed by atoms with E-state index in [1.54, 1.807) is 12.1 Å². The molecule has 1 unspecified atom stereocenters. The Morgan fingerprint density at radius 2 is 2.19 bits per heavy atom. The molecule has 2 rings (SSSR count). The zero-order valence-corrected chi connectivity index (χ0v) is 8.68. The first-order valence-electron chi connectivity index (χ1n) is 4.76. The Balaban J connectivity index is 2.41. The SMILES string of the molecule is COc1cccc(C(O)c2ccoc2)c1F. The Bertz CT molecular complexity index is 465. The molecule has 0 aliphatic heterocycles. The number of aliphatic hydroxyl groups is 1. The van der Waals surface area contributed by atoms with E-state index in [9.17, 15) is 9.50 Å². The zero-order valence-electron chi connectivity index (χ0n) is 8.68. The molecule has 1 aromatic carbocycles. The van der Waals surface area contributed by atoms with Crippen LogP contribution in [0.4, 0.5) is 4.39 Å². The standard InChI is InChI=1S/C12H11FO3/c1-15-10-4-2-3-9(11(10)13)12(14)8-5-6-16-7-8/h2-7,12,14H,1H3. The van der Waals surface area contributed by atoms with E-state index in [-0.39, 0.29) is 11.3 Å². The molecule has 0 spiro atoms. The molecule has 4 heteroatoms. The Hall–Kier alpha value is -1.81. The smallest absolute Gasteiger partial charge is 0.171 e. The summed E-state index contributed by atoms with van der Waals surface area (Å²) in [5.74, 6) is -0.446. The minimum atomic E-state index is -1.05. The summed E-state index contributed by atoms with van der Waals surface area (Å²) in [5, 5.41) is 9.93. The van der Waals surface area contributed by atoms with Crippen LogP contribution in [0.1, 0.15) is 17.2 Å². The second-order valence-electron chi connectivity index (χ2n) is 3.32. The summed E-state index contributed by atoms with van der Waals surface area (Å²) in [5.41, 5.74) is 0.674. The number of halogens is 1. The fourth-order valence-corrected chi connectivity index (χ4v) is 1.51. The van der Waals surface area contributed by atoms with Crippen molar-refractivity contribution in [3.05, 3.63) is 53.7 Å². The van der Waals surface area contributed by atoms with Crippen molar-refractivity contribution in [3.8, 4) is 5.75 Å². The maximum absolute atomic E-state index is 13.8.